The maximum Gasteiger partial charge on any atom is 0.226 e. The zero-order valence-electron chi connectivity index (χ0n) is 19.9. The first-order chi connectivity index (χ1) is 17.4. The summed E-state index contributed by atoms with van der Waals surface area (Å²) in [4.78, 5) is 18.9. The number of carbonyl (C=O) groups is 1. The summed E-state index contributed by atoms with van der Waals surface area (Å²) in [6.45, 7) is 3.69. The van der Waals surface area contributed by atoms with Gasteiger partial charge in [0.1, 0.15) is 0 Å². The molecule has 0 spiro atoms. The number of thiocarbonyl (C=S) groups is 1. The van der Waals surface area contributed by atoms with Gasteiger partial charge in [-0.05, 0) is 66.3 Å². The summed E-state index contributed by atoms with van der Waals surface area (Å²) in [6.07, 6.45) is 5.96. The van der Waals surface area contributed by atoms with E-state index in [0.29, 0.717) is 15.8 Å². The average Bonchev–Trinajstić information content (AvgIpc) is 3.51. The fourth-order valence-corrected chi connectivity index (χ4v) is 4.92. The number of rotatable bonds is 6. The van der Waals surface area contributed by atoms with E-state index >= 15 is 0 Å². The molecule has 0 saturated carbocycles. The number of halogens is 1. The summed E-state index contributed by atoms with van der Waals surface area (Å²) in [5, 5.41) is 7.39. The Balaban J connectivity index is 1.54. The number of hydrogen-bond acceptors (Lipinski definition) is 3. The maximum absolute atomic E-state index is 12.2. The summed E-state index contributed by atoms with van der Waals surface area (Å²) in [6, 6.07) is 23.4. The van der Waals surface area contributed by atoms with Crippen LogP contribution in [-0.2, 0) is 4.79 Å². The van der Waals surface area contributed by atoms with Gasteiger partial charge in [-0.25, -0.2) is 0 Å². The number of carbonyl (C=O) groups excluding carboxylic acids is 1. The van der Waals surface area contributed by atoms with Crippen molar-refractivity contribution in [3.8, 4) is 5.69 Å². The second-order valence-corrected chi connectivity index (χ2v) is 9.79. The lowest BCUT2D eigenvalue weighted by molar-refractivity contribution is -0.118. The largest absolute Gasteiger partial charge is 0.351 e. The van der Waals surface area contributed by atoms with Gasteiger partial charge in [0, 0.05) is 35.9 Å². The first-order valence-electron chi connectivity index (χ1n) is 11.8. The van der Waals surface area contributed by atoms with Crippen molar-refractivity contribution in [1.82, 2.24) is 14.9 Å². The van der Waals surface area contributed by atoms with Crippen LogP contribution in [0.2, 0.25) is 5.02 Å². The number of pyridine rings is 1. The minimum absolute atomic E-state index is 0.0849. The Morgan fingerprint density at radius 2 is 1.83 bits per heavy atom. The zero-order chi connectivity index (χ0) is 25.2. The fourth-order valence-electron chi connectivity index (χ4n) is 4.35. The van der Waals surface area contributed by atoms with E-state index in [1.807, 2.05) is 68.4 Å². The van der Waals surface area contributed by atoms with Crippen molar-refractivity contribution in [2.24, 2.45) is 5.92 Å². The molecule has 2 aromatic carbocycles. The van der Waals surface area contributed by atoms with Gasteiger partial charge in [0.25, 0.3) is 0 Å². The zero-order valence-corrected chi connectivity index (χ0v) is 21.5. The molecule has 1 saturated heterocycles. The van der Waals surface area contributed by atoms with Gasteiger partial charge in [-0.2, -0.15) is 0 Å². The third-order valence-electron chi connectivity index (χ3n) is 6.22. The highest BCUT2D eigenvalue weighted by molar-refractivity contribution is 7.80. The summed E-state index contributed by atoms with van der Waals surface area (Å²) in [5.74, 6) is -0.230. The Hall–Kier alpha value is -3.68. The Morgan fingerprint density at radius 3 is 2.53 bits per heavy atom. The van der Waals surface area contributed by atoms with Crippen molar-refractivity contribution in [2.75, 3.05) is 10.2 Å². The number of amides is 1. The van der Waals surface area contributed by atoms with E-state index in [1.54, 1.807) is 6.20 Å². The molecule has 0 bridgehead atoms. The molecule has 1 amide bonds. The van der Waals surface area contributed by atoms with E-state index < -0.39 is 0 Å². The summed E-state index contributed by atoms with van der Waals surface area (Å²) in [5.41, 5.74) is 4.45. The Bertz CT molecular complexity index is 1390. The van der Waals surface area contributed by atoms with Crippen LogP contribution in [0.5, 0.6) is 0 Å². The third-order valence-corrected chi connectivity index (χ3v) is 6.85. The normalized spacial score (nSPS) is 17.3. The lowest BCUT2D eigenvalue weighted by atomic mass is 9.98. The van der Waals surface area contributed by atoms with Crippen LogP contribution in [0.4, 0.5) is 11.4 Å². The van der Waals surface area contributed by atoms with Crippen molar-refractivity contribution in [3.63, 3.8) is 0 Å². The molecule has 8 heteroatoms. The molecule has 0 radical (unpaired) electrons. The highest BCUT2D eigenvalue weighted by atomic mass is 35.5. The standard InChI is InChI=1S/C28H26ClN5OS/c1-18(2)27(35)31-23-12-11-21(16-22(23)29)34-26(25(32-28(34)36)24-10-6-7-14-30-24)19-13-15-33(17-19)20-8-4-3-5-9-20/h3-18,25-26H,1-2H3,(H,31,35)(H,32,36)/t25-,26+/m0/s1. The molecule has 4 aromatic rings. The molecule has 5 rings (SSSR count). The maximum atomic E-state index is 12.2. The van der Waals surface area contributed by atoms with Gasteiger partial charge in [-0.1, -0.05) is 49.7 Å². The number of aromatic nitrogens is 2. The van der Waals surface area contributed by atoms with E-state index in [9.17, 15) is 4.79 Å². The molecule has 1 aliphatic rings. The van der Waals surface area contributed by atoms with Gasteiger partial charge in [0.15, 0.2) is 5.11 Å². The van der Waals surface area contributed by atoms with Crippen LogP contribution in [0.15, 0.2) is 91.4 Å². The first-order valence-corrected chi connectivity index (χ1v) is 12.6. The van der Waals surface area contributed by atoms with Crippen molar-refractivity contribution < 1.29 is 4.79 Å². The number of anilines is 2. The van der Waals surface area contributed by atoms with Crippen LogP contribution >= 0.6 is 23.8 Å². The molecule has 2 aromatic heterocycles. The van der Waals surface area contributed by atoms with Crippen LogP contribution in [0.1, 0.15) is 37.2 Å². The summed E-state index contributed by atoms with van der Waals surface area (Å²) in [7, 11) is 0. The summed E-state index contributed by atoms with van der Waals surface area (Å²) < 4.78 is 2.10. The van der Waals surface area contributed by atoms with E-state index in [2.05, 4.69) is 55.7 Å². The average molecular weight is 516 g/mol. The van der Waals surface area contributed by atoms with Crippen molar-refractivity contribution in [3.05, 3.63) is 108 Å². The van der Waals surface area contributed by atoms with E-state index in [4.69, 9.17) is 23.8 Å². The van der Waals surface area contributed by atoms with Crippen LogP contribution in [0, 0.1) is 5.92 Å². The van der Waals surface area contributed by atoms with Gasteiger partial charge < -0.3 is 20.1 Å². The lowest BCUT2D eigenvalue weighted by Crippen LogP contribution is -2.29. The Kier molecular flexibility index (Phi) is 6.76. The van der Waals surface area contributed by atoms with E-state index in [0.717, 1.165) is 22.6 Å². The molecule has 6 nitrogen and oxygen atoms in total. The Labute approximate surface area is 220 Å². The van der Waals surface area contributed by atoms with E-state index in [1.165, 1.54) is 0 Å². The van der Waals surface area contributed by atoms with E-state index in [-0.39, 0.29) is 23.9 Å². The molecule has 1 fully saturated rings. The highest BCUT2D eigenvalue weighted by Gasteiger charge is 2.41. The summed E-state index contributed by atoms with van der Waals surface area (Å²) >= 11 is 12.4. The molecule has 2 N–H and O–H groups in total. The van der Waals surface area contributed by atoms with Crippen molar-refractivity contribution in [1.29, 1.82) is 0 Å². The number of para-hydroxylation sites is 1. The van der Waals surface area contributed by atoms with Gasteiger partial charge in [0.05, 0.1) is 28.5 Å². The number of nitrogens with zero attached hydrogens (tertiary/aromatic N) is 3. The first kappa shape index (κ1) is 24.0. The topological polar surface area (TPSA) is 62.2 Å². The van der Waals surface area contributed by atoms with Crippen LogP contribution < -0.4 is 15.5 Å². The third kappa shape index (κ3) is 4.72. The van der Waals surface area contributed by atoms with Crippen LogP contribution in [0.3, 0.4) is 0 Å². The quantitative estimate of drug-likeness (QED) is 0.295. The van der Waals surface area contributed by atoms with Gasteiger partial charge in [0.2, 0.25) is 5.91 Å². The minimum atomic E-state index is -0.163. The fraction of sp³-hybridized carbons (Fsp3) is 0.179. The smallest absolute Gasteiger partial charge is 0.226 e. The predicted molar refractivity (Wildman–Crippen MR) is 149 cm³/mol. The highest BCUT2D eigenvalue weighted by Crippen LogP contribution is 2.43. The number of hydrogen-bond donors (Lipinski definition) is 2. The van der Waals surface area contributed by atoms with Crippen molar-refractivity contribution >= 4 is 46.2 Å². The lowest BCUT2D eigenvalue weighted by Gasteiger charge is -2.27. The number of benzene rings is 2. The molecule has 182 valence electrons. The Morgan fingerprint density at radius 1 is 1.06 bits per heavy atom. The SMILES string of the molecule is CC(C)C(=O)Nc1ccc(N2C(=S)N[C@@H](c3ccccn3)[C@H]2c2ccn(-c3ccccc3)c2)cc1Cl. The molecule has 1 aliphatic heterocycles. The number of nitrogens with one attached hydrogen (secondary N) is 2. The molecular weight excluding hydrogens is 490 g/mol. The van der Waals surface area contributed by atoms with Crippen LogP contribution in [0.25, 0.3) is 5.69 Å². The van der Waals surface area contributed by atoms with Gasteiger partial charge >= 0.3 is 0 Å². The van der Waals surface area contributed by atoms with Gasteiger partial charge in [-0.3, -0.25) is 9.78 Å². The van der Waals surface area contributed by atoms with Crippen LogP contribution in [-0.4, -0.2) is 20.6 Å². The molecule has 3 heterocycles. The monoisotopic (exact) mass is 515 g/mol. The molecule has 0 aliphatic carbocycles. The molecule has 0 unspecified atom stereocenters. The molecule has 36 heavy (non-hydrogen) atoms. The van der Waals surface area contributed by atoms with Gasteiger partial charge in [-0.15, -0.1) is 0 Å². The molecular formula is C28H26ClN5OS. The minimum Gasteiger partial charge on any atom is -0.351 e. The second-order valence-electron chi connectivity index (χ2n) is 8.99. The van der Waals surface area contributed by atoms with Crippen molar-refractivity contribution in [2.45, 2.75) is 25.9 Å². The molecule has 2 atom stereocenters. The second kappa shape index (κ2) is 10.1. The predicted octanol–water partition coefficient (Wildman–Crippen LogP) is 6.30.